The first-order chi connectivity index (χ1) is 11.8. The van der Waals surface area contributed by atoms with Crippen molar-refractivity contribution in [3.8, 4) is 5.75 Å². The number of ether oxygens (including phenoxy) is 1. The second-order valence-corrected chi connectivity index (χ2v) is 6.84. The van der Waals surface area contributed by atoms with Gasteiger partial charge < -0.3 is 10.1 Å². The fourth-order valence-electron chi connectivity index (χ4n) is 2.87. The molecule has 2 atom stereocenters. The van der Waals surface area contributed by atoms with Crippen molar-refractivity contribution in [1.29, 1.82) is 0 Å². The van der Waals surface area contributed by atoms with E-state index in [1.165, 1.54) is 16.7 Å². The van der Waals surface area contributed by atoms with Crippen molar-refractivity contribution >= 4 is 5.91 Å². The number of carbonyl (C=O) groups is 1. The molecule has 0 aliphatic rings. The molecule has 0 spiro atoms. The van der Waals surface area contributed by atoms with Crippen LogP contribution in [0, 0.1) is 27.7 Å². The van der Waals surface area contributed by atoms with E-state index in [1.54, 1.807) is 6.92 Å². The quantitative estimate of drug-likeness (QED) is 0.808. The minimum absolute atomic E-state index is 0.00281. The predicted molar refractivity (Wildman–Crippen MR) is 103 cm³/mol. The molecule has 134 valence electrons. The van der Waals surface area contributed by atoms with E-state index >= 15 is 0 Å². The van der Waals surface area contributed by atoms with Crippen molar-refractivity contribution < 1.29 is 9.53 Å². The van der Waals surface area contributed by atoms with Gasteiger partial charge in [0.05, 0.1) is 6.04 Å². The van der Waals surface area contributed by atoms with Crippen LogP contribution < -0.4 is 10.1 Å². The normalized spacial score (nSPS) is 13.2. The number of benzene rings is 2. The standard InChI is InChI=1S/C22H29NO2/c1-7-20(19-10-9-15(3)16(4)13-19)23-22(24)18(6)25-21-11-8-14(2)12-17(21)5/h8-13,18,20H,7H2,1-6H3,(H,23,24)/t18-,20+/m0/s1. The molecule has 0 radical (unpaired) electrons. The zero-order valence-corrected chi connectivity index (χ0v) is 16.1. The number of carbonyl (C=O) groups excluding carboxylic acids is 1. The summed E-state index contributed by atoms with van der Waals surface area (Å²) in [4.78, 5) is 12.6. The Morgan fingerprint density at radius 3 is 2.32 bits per heavy atom. The molecule has 25 heavy (non-hydrogen) atoms. The maximum Gasteiger partial charge on any atom is 0.261 e. The Labute approximate surface area is 151 Å². The third-order valence-electron chi connectivity index (χ3n) is 4.66. The van der Waals surface area contributed by atoms with E-state index in [-0.39, 0.29) is 11.9 Å². The molecule has 2 aromatic carbocycles. The molecule has 2 rings (SSSR count). The van der Waals surface area contributed by atoms with Gasteiger partial charge in [-0.1, -0.05) is 42.8 Å². The molecule has 0 aliphatic carbocycles. The fraction of sp³-hybridized carbons (Fsp3) is 0.409. The van der Waals surface area contributed by atoms with Crippen LogP contribution in [0.4, 0.5) is 0 Å². The molecule has 0 aromatic heterocycles. The van der Waals surface area contributed by atoms with E-state index in [0.717, 1.165) is 23.3 Å². The Bertz CT molecular complexity index is 752. The van der Waals surface area contributed by atoms with Crippen LogP contribution in [0.15, 0.2) is 36.4 Å². The topological polar surface area (TPSA) is 38.3 Å². The van der Waals surface area contributed by atoms with Gasteiger partial charge in [-0.3, -0.25) is 4.79 Å². The highest BCUT2D eigenvalue weighted by atomic mass is 16.5. The number of amides is 1. The van der Waals surface area contributed by atoms with Gasteiger partial charge in [-0.25, -0.2) is 0 Å². The zero-order chi connectivity index (χ0) is 18.6. The number of hydrogen-bond donors (Lipinski definition) is 1. The van der Waals surface area contributed by atoms with Crippen LogP contribution in [0.25, 0.3) is 0 Å². The summed E-state index contributed by atoms with van der Waals surface area (Å²) in [6, 6.07) is 12.3. The van der Waals surface area contributed by atoms with E-state index in [2.05, 4.69) is 50.4 Å². The van der Waals surface area contributed by atoms with Crippen LogP contribution in [-0.4, -0.2) is 12.0 Å². The average molecular weight is 339 g/mol. The van der Waals surface area contributed by atoms with Crippen molar-refractivity contribution in [2.24, 2.45) is 0 Å². The first-order valence-corrected chi connectivity index (χ1v) is 8.93. The van der Waals surface area contributed by atoms with Crippen molar-refractivity contribution in [3.05, 3.63) is 64.2 Å². The SMILES string of the molecule is CC[C@@H](NC(=O)[C@H](C)Oc1ccc(C)cc1C)c1ccc(C)c(C)c1. The zero-order valence-electron chi connectivity index (χ0n) is 16.1. The smallest absolute Gasteiger partial charge is 0.261 e. The van der Waals surface area contributed by atoms with E-state index in [1.807, 2.05) is 26.0 Å². The molecule has 1 amide bonds. The Kier molecular flexibility index (Phi) is 6.24. The summed E-state index contributed by atoms with van der Waals surface area (Å²) < 4.78 is 5.87. The highest BCUT2D eigenvalue weighted by Gasteiger charge is 2.20. The lowest BCUT2D eigenvalue weighted by Gasteiger charge is -2.22. The van der Waals surface area contributed by atoms with Crippen molar-refractivity contribution in [2.75, 3.05) is 0 Å². The summed E-state index contributed by atoms with van der Waals surface area (Å²) in [6.45, 7) is 12.1. The van der Waals surface area contributed by atoms with Crippen LogP contribution >= 0.6 is 0 Å². The van der Waals surface area contributed by atoms with Crippen molar-refractivity contribution in [2.45, 2.75) is 60.1 Å². The van der Waals surface area contributed by atoms with Crippen LogP contribution in [-0.2, 0) is 4.79 Å². The minimum atomic E-state index is -0.540. The molecular weight excluding hydrogens is 310 g/mol. The lowest BCUT2D eigenvalue weighted by atomic mass is 9.99. The molecular formula is C22H29NO2. The van der Waals surface area contributed by atoms with E-state index < -0.39 is 6.10 Å². The predicted octanol–water partition coefficient (Wildman–Crippen LogP) is 4.96. The van der Waals surface area contributed by atoms with Gasteiger partial charge >= 0.3 is 0 Å². The number of rotatable bonds is 6. The third-order valence-corrected chi connectivity index (χ3v) is 4.66. The average Bonchev–Trinajstić information content (AvgIpc) is 2.57. The second-order valence-electron chi connectivity index (χ2n) is 6.84. The van der Waals surface area contributed by atoms with Crippen LogP contribution in [0.1, 0.15) is 54.1 Å². The Hall–Kier alpha value is -2.29. The van der Waals surface area contributed by atoms with Crippen molar-refractivity contribution in [1.82, 2.24) is 5.32 Å². The maximum atomic E-state index is 12.6. The maximum absolute atomic E-state index is 12.6. The minimum Gasteiger partial charge on any atom is -0.481 e. The van der Waals surface area contributed by atoms with Gasteiger partial charge in [0.15, 0.2) is 6.10 Å². The van der Waals surface area contributed by atoms with Gasteiger partial charge in [0, 0.05) is 0 Å². The highest BCUT2D eigenvalue weighted by molar-refractivity contribution is 5.81. The molecule has 0 heterocycles. The number of hydrogen-bond acceptors (Lipinski definition) is 2. The molecule has 3 nitrogen and oxygen atoms in total. The molecule has 0 saturated heterocycles. The number of aryl methyl sites for hydroxylation is 4. The Morgan fingerprint density at radius 2 is 1.72 bits per heavy atom. The summed E-state index contributed by atoms with van der Waals surface area (Å²) >= 11 is 0. The highest BCUT2D eigenvalue weighted by Crippen LogP contribution is 2.22. The van der Waals surface area contributed by atoms with E-state index in [4.69, 9.17) is 4.74 Å². The third kappa shape index (κ3) is 4.85. The van der Waals surface area contributed by atoms with Gasteiger partial charge in [-0.05, 0) is 69.4 Å². The lowest BCUT2D eigenvalue weighted by Crippen LogP contribution is -2.38. The number of nitrogens with one attached hydrogen (secondary N) is 1. The molecule has 0 bridgehead atoms. The van der Waals surface area contributed by atoms with E-state index in [9.17, 15) is 4.79 Å². The summed E-state index contributed by atoms with van der Waals surface area (Å²) in [6.07, 6.45) is 0.298. The van der Waals surface area contributed by atoms with Crippen LogP contribution in [0.2, 0.25) is 0 Å². The summed E-state index contributed by atoms with van der Waals surface area (Å²) in [5, 5.41) is 3.12. The van der Waals surface area contributed by atoms with Gasteiger partial charge in [-0.2, -0.15) is 0 Å². The summed E-state index contributed by atoms with van der Waals surface area (Å²) in [7, 11) is 0. The van der Waals surface area contributed by atoms with Crippen molar-refractivity contribution in [3.63, 3.8) is 0 Å². The Morgan fingerprint density at radius 1 is 1.00 bits per heavy atom. The van der Waals surface area contributed by atoms with Gasteiger partial charge in [0.25, 0.3) is 5.91 Å². The van der Waals surface area contributed by atoms with Gasteiger partial charge in [0.1, 0.15) is 5.75 Å². The van der Waals surface area contributed by atoms with Crippen LogP contribution in [0.5, 0.6) is 5.75 Å². The molecule has 1 N–H and O–H groups in total. The summed E-state index contributed by atoms with van der Waals surface area (Å²) in [5.74, 6) is 0.664. The lowest BCUT2D eigenvalue weighted by molar-refractivity contribution is -0.128. The molecule has 0 aliphatic heterocycles. The molecule has 3 heteroatoms. The first kappa shape index (κ1) is 19.0. The first-order valence-electron chi connectivity index (χ1n) is 8.93. The molecule has 0 saturated carbocycles. The molecule has 0 fully saturated rings. The molecule has 2 aromatic rings. The fourth-order valence-corrected chi connectivity index (χ4v) is 2.87. The van der Waals surface area contributed by atoms with E-state index in [0.29, 0.717) is 0 Å². The van der Waals surface area contributed by atoms with Gasteiger partial charge in [0.2, 0.25) is 0 Å². The van der Waals surface area contributed by atoms with Gasteiger partial charge in [-0.15, -0.1) is 0 Å². The monoisotopic (exact) mass is 339 g/mol. The molecule has 0 unspecified atom stereocenters. The van der Waals surface area contributed by atoms with Crippen LogP contribution in [0.3, 0.4) is 0 Å². The second kappa shape index (κ2) is 8.19. The largest absolute Gasteiger partial charge is 0.481 e. The Balaban J connectivity index is 2.06. The summed E-state index contributed by atoms with van der Waals surface area (Å²) in [5.41, 5.74) is 5.86.